The van der Waals surface area contributed by atoms with Crippen molar-refractivity contribution in [3.05, 3.63) is 65.5 Å². The van der Waals surface area contributed by atoms with Gasteiger partial charge in [0.25, 0.3) is 5.91 Å². The fourth-order valence-electron chi connectivity index (χ4n) is 4.63. The van der Waals surface area contributed by atoms with Crippen LogP contribution in [0.1, 0.15) is 68.1 Å². The van der Waals surface area contributed by atoms with Crippen LogP contribution in [0.25, 0.3) is 10.9 Å². The van der Waals surface area contributed by atoms with Crippen LogP contribution in [0, 0.1) is 0 Å². The molecule has 5 rings (SSSR count). The van der Waals surface area contributed by atoms with Crippen molar-refractivity contribution in [2.45, 2.75) is 64.8 Å². The summed E-state index contributed by atoms with van der Waals surface area (Å²) in [5, 5.41) is 6.47. The number of aliphatic imine (C=N–C) groups is 2. The van der Waals surface area contributed by atoms with E-state index >= 15 is 0 Å². The maximum absolute atomic E-state index is 13.3. The highest BCUT2D eigenvalue weighted by atomic mass is 16.6. The number of nitrogens with one attached hydrogen (secondary N) is 2. The molecule has 0 saturated carbocycles. The Labute approximate surface area is 248 Å². The number of anilines is 1. The summed E-state index contributed by atoms with van der Waals surface area (Å²) in [5.74, 6) is -0.538. The van der Waals surface area contributed by atoms with E-state index in [0.29, 0.717) is 22.7 Å². The van der Waals surface area contributed by atoms with E-state index in [-0.39, 0.29) is 17.7 Å². The first-order valence-electron chi connectivity index (χ1n) is 13.7. The average molecular weight is 587 g/mol. The smallest absolute Gasteiger partial charge is 0.420 e. The summed E-state index contributed by atoms with van der Waals surface area (Å²) >= 11 is 0. The largest absolute Gasteiger partial charge is 0.456 e. The van der Waals surface area contributed by atoms with E-state index in [1.807, 2.05) is 12.1 Å². The molecule has 1 atom stereocenters. The molecule has 13 nitrogen and oxygen atoms in total. The molecule has 0 spiro atoms. The lowest BCUT2D eigenvalue weighted by molar-refractivity contribution is 0.00688. The molecule has 2 aliphatic rings. The lowest BCUT2D eigenvalue weighted by atomic mass is 9.99. The van der Waals surface area contributed by atoms with Crippen molar-refractivity contribution in [3.8, 4) is 0 Å². The molecule has 1 amide bonds. The molecule has 13 heteroatoms. The van der Waals surface area contributed by atoms with Crippen LogP contribution < -0.4 is 15.5 Å². The molecule has 0 radical (unpaired) electrons. The van der Waals surface area contributed by atoms with Gasteiger partial charge in [0.1, 0.15) is 22.7 Å². The van der Waals surface area contributed by atoms with Crippen LogP contribution in [0.4, 0.5) is 10.6 Å². The van der Waals surface area contributed by atoms with E-state index < -0.39 is 34.8 Å². The fourth-order valence-corrected chi connectivity index (χ4v) is 4.63. The number of amides is 1. The van der Waals surface area contributed by atoms with E-state index in [4.69, 9.17) is 14.5 Å². The van der Waals surface area contributed by atoms with Gasteiger partial charge in [-0.15, -0.1) is 0 Å². The van der Waals surface area contributed by atoms with Crippen molar-refractivity contribution < 1.29 is 23.9 Å². The molecule has 5 heterocycles. The van der Waals surface area contributed by atoms with Crippen molar-refractivity contribution in [1.82, 2.24) is 25.2 Å². The van der Waals surface area contributed by atoms with Gasteiger partial charge in [-0.05, 0) is 65.8 Å². The molecular weight excluding hydrogens is 552 g/mol. The number of hydrogen-bond donors (Lipinski definition) is 2. The van der Waals surface area contributed by atoms with Gasteiger partial charge in [0.15, 0.2) is 5.66 Å². The number of pyridine rings is 2. The van der Waals surface area contributed by atoms with Crippen molar-refractivity contribution >= 4 is 47.4 Å². The second-order valence-corrected chi connectivity index (χ2v) is 12.2. The summed E-state index contributed by atoms with van der Waals surface area (Å²) < 4.78 is 12.7. The van der Waals surface area contributed by atoms with Crippen LogP contribution in [0.15, 0.2) is 58.5 Å². The molecule has 0 saturated heterocycles. The summed E-state index contributed by atoms with van der Waals surface area (Å²) in [6, 6.07) is 6.63. The zero-order valence-electron chi connectivity index (χ0n) is 25.1. The van der Waals surface area contributed by atoms with Crippen LogP contribution in [0.3, 0.4) is 0 Å². The topological polar surface area (TPSA) is 152 Å². The number of carbonyl (C=O) groups is 3. The second-order valence-electron chi connectivity index (χ2n) is 12.2. The van der Waals surface area contributed by atoms with E-state index in [1.54, 1.807) is 77.4 Å². The Hall–Kier alpha value is -5.07. The molecule has 0 aromatic carbocycles. The summed E-state index contributed by atoms with van der Waals surface area (Å²) in [6.45, 7) is 10.7. The van der Waals surface area contributed by atoms with Gasteiger partial charge < -0.3 is 20.1 Å². The molecule has 1 unspecified atom stereocenters. The molecule has 2 N–H and O–H groups in total. The highest BCUT2D eigenvalue weighted by Crippen LogP contribution is 2.35. The molecule has 3 aromatic heterocycles. The van der Waals surface area contributed by atoms with Crippen LogP contribution in [-0.4, -0.2) is 69.1 Å². The van der Waals surface area contributed by atoms with Crippen molar-refractivity contribution in [3.63, 3.8) is 0 Å². The van der Waals surface area contributed by atoms with Crippen molar-refractivity contribution in [1.29, 1.82) is 0 Å². The Kier molecular flexibility index (Phi) is 7.28. The zero-order valence-corrected chi connectivity index (χ0v) is 25.1. The third-order valence-electron chi connectivity index (χ3n) is 6.42. The number of rotatable bonds is 5. The summed E-state index contributed by atoms with van der Waals surface area (Å²) in [5.41, 5.74) is -0.741. The van der Waals surface area contributed by atoms with Crippen LogP contribution >= 0.6 is 0 Å². The first kappa shape index (κ1) is 29.4. The Morgan fingerprint density at radius 2 is 1.77 bits per heavy atom. The van der Waals surface area contributed by atoms with Gasteiger partial charge in [0.2, 0.25) is 0 Å². The molecule has 0 bridgehead atoms. The van der Waals surface area contributed by atoms with Gasteiger partial charge in [0, 0.05) is 36.9 Å². The first-order chi connectivity index (χ1) is 20.2. The summed E-state index contributed by atoms with van der Waals surface area (Å²) in [6.07, 6.45) is 7.69. The zero-order chi connectivity index (χ0) is 31.2. The van der Waals surface area contributed by atoms with E-state index in [0.717, 1.165) is 5.39 Å². The van der Waals surface area contributed by atoms with Gasteiger partial charge in [0.05, 0.1) is 35.7 Å². The lowest BCUT2D eigenvalue weighted by Gasteiger charge is -2.30. The Bertz CT molecular complexity index is 1710. The number of ether oxygens (including phenoxy) is 2. The maximum Gasteiger partial charge on any atom is 0.420 e. The van der Waals surface area contributed by atoms with Crippen molar-refractivity contribution in [2.24, 2.45) is 9.98 Å². The number of hydrogen-bond acceptors (Lipinski definition) is 11. The van der Waals surface area contributed by atoms with Gasteiger partial charge >= 0.3 is 12.1 Å². The predicted molar refractivity (Wildman–Crippen MR) is 161 cm³/mol. The van der Waals surface area contributed by atoms with Crippen LogP contribution in [-0.2, 0) is 15.9 Å². The van der Waals surface area contributed by atoms with E-state index in [9.17, 15) is 14.4 Å². The normalized spacial score (nSPS) is 17.7. The Balaban J connectivity index is 1.51. The minimum Gasteiger partial charge on any atom is -0.456 e. The third kappa shape index (κ3) is 6.10. The minimum atomic E-state index is -1.14. The molecule has 0 fully saturated rings. The van der Waals surface area contributed by atoms with Crippen LogP contribution in [0.5, 0.6) is 0 Å². The van der Waals surface area contributed by atoms with Gasteiger partial charge in [-0.25, -0.2) is 29.1 Å². The molecule has 224 valence electrons. The lowest BCUT2D eigenvalue weighted by Crippen LogP contribution is -2.39. The van der Waals surface area contributed by atoms with Gasteiger partial charge in [-0.3, -0.25) is 14.7 Å². The quantitative estimate of drug-likeness (QED) is 0.425. The third-order valence-corrected chi connectivity index (χ3v) is 6.42. The number of aromatic nitrogens is 3. The van der Waals surface area contributed by atoms with E-state index in [2.05, 4.69) is 25.6 Å². The monoisotopic (exact) mass is 586 g/mol. The highest BCUT2D eigenvalue weighted by Gasteiger charge is 2.41. The molecule has 0 aliphatic carbocycles. The predicted octanol–water partition coefficient (Wildman–Crippen LogP) is 3.79. The van der Waals surface area contributed by atoms with Gasteiger partial charge in [-0.2, -0.15) is 0 Å². The average Bonchev–Trinajstić information content (AvgIpc) is 3.51. The number of fused-ring (bicyclic) bond motifs is 2. The number of carbonyl (C=O) groups excluding carboxylic acids is 3. The van der Waals surface area contributed by atoms with Crippen molar-refractivity contribution in [2.75, 3.05) is 11.9 Å². The SMILES string of the molecule is CNC(=O)c1cc(C(=O)OC(C)(C)C)cc(CC23N=CNC2=CN(c2cc4ccncc4n2C(=O)OC(C)(C)C)C=N3)n1. The second kappa shape index (κ2) is 10.6. The fraction of sp³-hybridized carbons (Fsp3) is 0.367. The number of esters is 1. The Morgan fingerprint density at radius 3 is 2.47 bits per heavy atom. The van der Waals surface area contributed by atoms with Crippen LogP contribution in [0.2, 0.25) is 0 Å². The standard InChI is InChI=1S/C30H34N8O5/c1-28(2,3)42-26(40)19-10-20(36-21(11-19)25(39)31-7)13-30-23(33-16-34-30)15-37(17-35-30)24-12-18-8-9-32-14-22(18)38(24)27(41)43-29(4,5)6/h8-12,14-17H,13H2,1-7H3,(H,31,39)(H,33,34). The highest BCUT2D eigenvalue weighted by molar-refractivity contribution is 5.99. The van der Waals surface area contributed by atoms with E-state index in [1.165, 1.54) is 24.0 Å². The maximum atomic E-state index is 13.3. The molecule has 43 heavy (non-hydrogen) atoms. The van der Waals surface area contributed by atoms with Gasteiger partial charge in [-0.1, -0.05) is 0 Å². The summed E-state index contributed by atoms with van der Waals surface area (Å²) in [4.78, 5) is 58.5. The molecular formula is C30H34N8O5. The minimum absolute atomic E-state index is 0.0645. The first-order valence-corrected chi connectivity index (χ1v) is 13.7. The number of nitrogens with zero attached hydrogens (tertiary/aromatic N) is 6. The molecule has 2 aliphatic heterocycles. The molecule has 3 aromatic rings. The Morgan fingerprint density at radius 1 is 1.02 bits per heavy atom. The summed E-state index contributed by atoms with van der Waals surface area (Å²) in [7, 11) is 1.49.